The minimum atomic E-state index is -3.11. The molecule has 15 heavy (non-hydrogen) atoms. The highest BCUT2D eigenvalue weighted by molar-refractivity contribution is 7.91. The van der Waals surface area contributed by atoms with Crippen LogP contribution in [0.4, 0.5) is 5.82 Å². The molecule has 1 rings (SSSR count). The predicted molar refractivity (Wildman–Crippen MR) is 53.2 cm³/mol. The maximum Gasteiger partial charge on any atom is 0.342 e. The van der Waals surface area contributed by atoms with Crippen LogP contribution >= 0.6 is 0 Å². The maximum absolute atomic E-state index is 11.2. The van der Waals surface area contributed by atoms with E-state index in [0.717, 1.165) is 6.20 Å². The van der Waals surface area contributed by atoms with Gasteiger partial charge in [-0.2, -0.15) is 0 Å². The van der Waals surface area contributed by atoms with Gasteiger partial charge >= 0.3 is 5.82 Å². The van der Waals surface area contributed by atoms with Gasteiger partial charge in [0.25, 0.3) is 0 Å². The third-order valence-corrected chi connectivity index (χ3v) is 3.64. The first-order chi connectivity index (χ1) is 6.96. The molecule has 0 saturated heterocycles. The van der Waals surface area contributed by atoms with Crippen molar-refractivity contribution in [2.75, 3.05) is 11.5 Å². The van der Waals surface area contributed by atoms with Gasteiger partial charge in [0.1, 0.15) is 12.7 Å². The van der Waals surface area contributed by atoms with Crippen LogP contribution in [0.5, 0.6) is 0 Å². The smallest absolute Gasteiger partial charge is 0.342 e. The first-order valence-corrected chi connectivity index (χ1v) is 6.13. The monoisotopic (exact) mass is 233 g/mol. The van der Waals surface area contributed by atoms with E-state index >= 15 is 0 Å². The highest BCUT2D eigenvalue weighted by Gasteiger charge is 2.15. The summed E-state index contributed by atoms with van der Waals surface area (Å²) in [5.74, 6) is -0.266. The molecule has 1 heterocycles. The Morgan fingerprint density at radius 1 is 1.60 bits per heavy atom. The lowest BCUT2D eigenvalue weighted by Crippen LogP contribution is -2.15. The molecule has 0 atom stereocenters. The van der Waals surface area contributed by atoms with Gasteiger partial charge < -0.3 is 10.1 Å². The van der Waals surface area contributed by atoms with Crippen LogP contribution in [0.1, 0.15) is 6.92 Å². The lowest BCUT2D eigenvalue weighted by Gasteiger charge is -2.00. The molecule has 0 fully saturated rings. The van der Waals surface area contributed by atoms with Gasteiger partial charge in [0.05, 0.1) is 5.75 Å². The van der Waals surface area contributed by atoms with Gasteiger partial charge in [-0.25, -0.2) is 18.0 Å². The molecule has 1 aromatic rings. The van der Waals surface area contributed by atoms with Crippen LogP contribution < -0.4 is 0 Å². The zero-order chi connectivity index (χ0) is 11.5. The summed E-state index contributed by atoms with van der Waals surface area (Å²) in [6.07, 6.45) is 2.35. The minimum Gasteiger partial charge on any atom is -0.358 e. The molecule has 1 aromatic heterocycles. The molecule has 0 N–H and O–H groups in total. The molecular weight excluding hydrogens is 222 g/mol. The number of hydrogen-bond acceptors (Lipinski definition) is 5. The zero-order valence-corrected chi connectivity index (χ0v) is 8.98. The van der Waals surface area contributed by atoms with E-state index in [1.54, 1.807) is 0 Å². The normalized spacial score (nSPS) is 11.5. The van der Waals surface area contributed by atoms with Gasteiger partial charge in [0, 0.05) is 5.75 Å². The largest absolute Gasteiger partial charge is 0.358 e. The lowest BCUT2D eigenvalue weighted by atomic mass is 10.6. The number of imidazole rings is 1. The lowest BCUT2D eigenvalue weighted by molar-refractivity contribution is -0.392. The molecule has 0 bridgehead atoms. The topological polar surface area (TPSA) is 95.1 Å². The summed E-state index contributed by atoms with van der Waals surface area (Å²) in [6.45, 7) is 1.60. The van der Waals surface area contributed by atoms with Crippen LogP contribution in [0.3, 0.4) is 0 Å². The molecule has 0 aliphatic heterocycles. The number of aromatic nitrogens is 2. The highest BCUT2D eigenvalue weighted by Crippen LogP contribution is 2.09. The van der Waals surface area contributed by atoms with E-state index in [2.05, 4.69) is 4.98 Å². The van der Waals surface area contributed by atoms with Crippen molar-refractivity contribution in [2.45, 2.75) is 13.5 Å². The fourth-order valence-electron chi connectivity index (χ4n) is 1.02. The molecule has 0 radical (unpaired) electrons. The van der Waals surface area contributed by atoms with Crippen LogP contribution in [-0.2, 0) is 16.4 Å². The molecule has 0 unspecified atom stereocenters. The maximum atomic E-state index is 11.2. The number of nitrogens with zero attached hydrogens (tertiary/aromatic N) is 3. The van der Waals surface area contributed by atoms with E-state index < -0.39 is 14.8 Å². The molecule has 0 saturated carbocycles. The van der Waals surface area contributed by atoms with E-state index in [1.165, 1.54) is 17.8 Å². The Hall–Kier alpha value is -1.44. The van der Waals surface area contributed by atoms with Gasteiger partial charge in [-0.05, 0) is 4.92 Å². The van der Waals surface area contributed by atoms with E-state index in [-0.39, 0.29) is 23.9 Å². The Morgan fingerprint density at radius 3 is 2.80 bits per heavy atom. The van der Waals surface area contributed by atoms with Crippen molar-refractivity contribution in [1.29, 1.82) is 0 Å². The Labute approximate surface area is 86.8 Å². The third-order valence-electron chi connectivity index (χ3n) is 1.96. The highest BCUT2D eigenvalue weighted by atomic mass is 32.2. The number of rotatable bonds is 5. The molecule has 0 spiro atoms. The first-order valence-electron chi connectivity index (χ1n) is 4.31. The third kappa shape index (κ3) is 3.01. The summed E-state index contributed by atoms with van der Waals surface area (Å²) < 4.78 is 23.6. The second kappa shape index (κ2) is 4.39. The molecule has 7 nitrogen and oxygen atoms in total. The van der Waals surface area contributed by atoms with E-state index in [0.29, 0.717) is 0 Å². The van der Waals surface area contributed by atoms with Gasteiger partial charge in [-0.3, -0.25) is 0 Å². The molecule has 0 aliphatic carbocycles. The Balaban J connectivity index is 2.74. The van der Waals surface area contributed by atoms with Crippen LogP contribution in [0.25, 0.3) is 0 Å². The Kier molecular flexibility index (Phi) is 3.40. The van der Waals surface area contributed by atoms with Crippen LogP contribution in [0.2, 0.25) is 0 Å². The van der Waals surface area contributed by atoms with Crippen molar-refractivity contribution in [3.8, 4) is 0 Å². The van der Waals surface area contributed by atoms with Crippen molar-refractivity contribution in [1.82, 2.24) is 9.55 Å². The predicted octanol–water partition coefficient (Wildman–Crippen LogP) is 0.226. The van der Waals surface area contributed by atoms with E-state index in [4.69, 9.17) is 0 Å². The van der Waals surface area contributed by atoms with Crippen LogP contribution in [0, 0.1) is 10.1 Å². The summed E-state index contributed by atoms with van der Waals surface area (Å²) >= 11 is 0. The fraction of sp³-hybridized carbons (Fsp3) is 0.571. The standard InChI is InChI=1S/C7H11N3O4S/c1-2-15(13,14)4-3-9-6-8-5-7(9)10(11)12/h5-6H,2-4H2,1H3. The van der Waals surface area contributed by atoms with Gasteiger partial charge in [-0.15, -0.1) is 0 Å². The van der Waals surface area contributed by atoms with E-state index in [1.807, 2.05) is 0 Å². The summed E-state index contributed by atoms with van der Waals surface area (Å²) in [4.78, 5) is 13.5. The summed E-state index contributed by atoms with van der Waals surface area (Å²) in [5, 5.41) is 10.5. The first kappa shape index (κ1) is 11.6. The van der Waals surface area contributed by atoms with Crippen molar-refractivity contribution in [3.63, 3.8) is 0 Å². The Bertz CT molecular complexity index is 451. The van der Waals surface area contributed by atoms with Crippen LogP contribution in [-0.4, -0.2) is 34.4 Å². The number of nitro groups is 1. The molecule has 0 aliphatic rings. The summed E-state index contributed by atoms with van der Waals surface area (Å²) in [7, 11) is -3.11. The van der Waals surface area contributed by atoms with Crippen molar-refractivity contribution in [2.24, 2.45) is 0 Å². The quantitative estimate of drug-likeness (QED) is 0.535. The molecular formula is C7H11N3O4S. The molecule has 0 aromatic carbocycles. The second-order valence-corrected chi connectivity index (χ2v) is 5.41. The van der Waals surface area contributed by atoms with Gasteiger partial charge in [0.15, 0.2) is 16.2 Å². The number of aryl methyl sites for hydroxylation is 1. The zero-order valence-electron chi connectivity index (χ0n) is 8.16. The van der Waals surface area contributed by atoms with Crippen molar-refractivity contribution in [3.05, 3.63) is 22.6 Å². The Morgan fingerprint density at radius 2 is 2.27 bits per heavy atom. The fourth-order valence-corrected chi connectivity index (χ4v) is 1.78. The molecule has 8 heteroatoms. The summed E-state index contributed by atoms with van der Waals surface area (Å²) in [5.41, 5.74) is 0. The number of sulfone groups is 1. The second-order valence-electron chi connectivity index (χ2n) is 2.94. The average Bonchev–Trinajstić information content (AvgIpc) is 2.63. The molecule has 84 valence electrons. The number of hydrogen-bond donors (Lipinski definition) is 0. The molecule has 0 amide bonds. The summed E-state index contributed by atoms with van der Waals surface area (Å²) in [6, 6.07) is 0. The van der Waals surface area contributed by atoms with E-state index in [9.17, 15) is 18.5 Å². The van der Waals surface area contributed by atoms with Gasteiger partial charge in [-0.1, -0.05) is 6.92 Å². The van der Waals surface area contributed by atoms with Crippen LogP contribution in [0.15, 0.2) is 12.5 Å². The van der Waals surface area contributed by atoms with Gasteiger partial charge in [0.2, 0.25) is 0 Å². The minimum absolute atomic E-state index is 0.0372. The van der Waals surface area contributed by atoms with Crippen molar-refractivity contribution >= 4 is 15.7 Å². The SMILES string of the molecule is CCS(=O)(=O)CCn1cncc1[N+](=O)[O-]. The average molecular weight is 233 g/mol. The van der Waals surface area contributed by atoms with Crippen molar-refractivity contribution < 1.29 is 13.3 Å².